The van der Waals surface area contributed by atoms with Gasteiger partial charge in [-0.2, -0.15) is 0 Å². The molecule has 1 aromatic carbocycles. The van der Waals surface area contributed by atoms with Gasteiger partial charge >= 0.3 is 0 Å². The average molecular weight is 248 g/mol. The van der Waals surface area contributed by atoms with Crippen molar-refractivity contribution in [2.75, 3.05) is 23.7 Å². The zero-order valence-corrected chi connectivity index (χ0v) is 12.3. The van der Waals surface area contributed by atoms with E-state index in [2.05, 4.69) is 44.7 Å². The van der Waals surface area contributed by atoms with Crippen molar-refractivity contribution in [2.45, 2.75) is 40.5 Å². The topological polar surface area (TPSA) is 29.3 Å². The van der Waals surface area contributed by atoms with E-state index in [1.807, 2.05) is 12.1 Å². The summed E-state index contributed by atoms with van der Waals surface area (Å²) in [4.78, 5) is 2.43. The van der Waals surface area contributed by atoms with Crippen LogP contribution in [0.2, 0.25) is 0 Å². The molecule has 0 bridgehead atoms. The Labute approximate surface area is 112 Å². The van der Waals surface area contributed by atoms with E-state index in [9.17, 15) is 0 Å². The van der Waals surface area contributed by atoms with Crippen molar-refractivity contribution in [1.82, 2.24) is 0 Å². The van der Waals surface area contributed by atoms with Gasteiger partial charge in [0, 0.05) is 13.1 Å². The lowest BCUT2D eigenvalue weighted by molar-refractivity contribution is 0.435. The largest absolute Gasteiger partial charge is 0.397 e. The molecule has 0 radical (unpaired) electrons. The lowest BCUT2D eigenvalue weighted by Gasteiger charge is -2.29. The van der Waals surface area contributed by atoms with Crippen molar-refractivity contribution in [2.24, 2.45) is 11.8 Å². The van der Waals surface area contributed by atoms with Crippen molar-refractivity contribution in [3.8, 4) is 0 Å². The summed E-state index contributed by atoms with van der Waals surface area (Å²) in [6, 6.07) is 8.19. The van der Waals surface area contributed by atoms with Crippen molar-refractivity contribution < 1.29 is 0 Å². The second kappa shape index (κ2) is 7.30. The van der Waals surface area contributed by atoms with Gasteiger partial charge in [0.1, 0.15) is 0 Å². The standard InChI is InChI=1S/C16H28N2/c1-5-10-18(12-14(4)11-13(2)3)16-9-7-6-8-15(16)17/h6-9,13-14H,5,10-12,17H2,1-4H3. The van der Waals surface area contributed by atoms with Gasteiger partial charge in [-0.15, -0.1) is 0 Å². The smallest absolute Gasteiger partial charge is 0.0600 e. The van der Waals surface area contributed by atoms with Gasteiger partial charge in [0.25, 0.3) is 0 Å². The van der Waals surface area contributed by atoms with E-state index in [0.717, 1.165) is 31.1 Å². The predicted molar refractivity (Wildman–Crippen MR) is 82.0 cm³/mol. The minimum atomic E-state index is 0.705. The Morgan fingerprint density at radius 3 is 2.39 bits per heavy atom. The molecular weight excluding hydrogens is 220 g/mol. The molecule has 0 aliphatic rings. The molecule has 0 aromatic heterocycles. The van der Waals surface area contributed by atoms with Gasteiger partial charge in [0.15, 0.2) is 0 Å². The van der Waals surface area contributed by atoms with Gasteiger partial charge < -0.3 is 10.6 Å². The fourth-order valence-corrected chi connectivity index (χ4v) is 2.61. The Morgan fingerprint density at radius 2 is 1.83 bits per heavy atom. The monoisotopic (exact) mass is 248 g/mol. The third-order valence-electron chi connectivity index (χ3n) is 3.18. The molecule has 0 aliphatic heterocycles. The van der Waals surface area contributed by atoms with E-state index in [1.54, 1.807) is 0 Å². The van der Waals surface area contributed by atoms with Gasteiger partial charge in [-0.3, -0.25) is 0 Å². The number of para-hydroxylation sites is 2. The number of hydrogen-bond acceptors (Lipinski definition) is 2. The van der Waals surface area contributed by atoms with Crippen LogP contribution in [0.15, 0.2) is 24.3 Å². The van der Waals surface area contributed by atoms with E-state index in [4.69, 9.17) is 5.73 Å². The summed E-state index contributed by atoms with van der Waals surface area (Å²) >= 11 is 0. The number of benzene rings is 1. The van der Waals surface area contributed by atoms with Crippen LogP contribution in [-0.2, 0) is 0 Å². The molecule has 0 saturated heterocycles. The summed E-state index contributed by atoms with van der Waals surface area (Å²) in [5.74, 6) is 1.47. The van der Waals surface area contributed by atoms with Crippen molar-refractivity contribution in [1.29, 1.82) is 0 Å². The summed E-state index contributed by atoms with van der Waals surface area (Å²) in [7, 11) is 0. The molecule has 1 atom stereocenters. The summed E-state index contributed by atoms with van der Waals surface area (Å²) in [5.41, 5.74) is 8.17. The van der Waals surface area contributed by atoms with Crippen LogP contribution in [0.25, 0.3) is 0 Å². The van der Waals surface area contributed by atoms with E-state index in [1.165, 1.54) is 12.1 Å². The van der Waals surface area contributed by atoms with Gasteiger partial charge in [-0.25, -0.2) is 0 Å². The normalized spacial score (nSPS) is 12.7. The molecule has 2 heteroatoms. The molecule has 0 heterocycles. The van der Waals surface area contributed by atoms with Gasteiger partial charge in [0.2, 0.25) is 0 Å². The first kappa shape index (κ1) is 14.9. The Bertz CT molecular complexity index is 347. The molecule has 18 heavy (non-hydrogen) atoms. The van der Waals surface area contributed by atoms with Gasteiger partial charge in [-0.05, 0) is 36.8 Å². The predicted octanol–water partition coefficient (Wildman–Crippen LogP) is 4.17. The molecule has 1 unspecified atom stereocenters. The summed E-state index contributed by atoms with van der Waals surface area (Å²) in [6.07, 6.45) is 2.43. The Hall–Kier alpha value is -1.18. The fourth-order valence-electron chi connectivity index (χ4n) is 2.61. The van der Waals surface area contributed by atoms with Gasteiger partial charge in [-0.1, -0.05) is 39.8 Å². The molecule has 2 N–H and O–H groups in total. The van der Waals surface area contributed by atoms with Crippen molar-refractivity contribution in [3.63, 3.8) is 0 Å². The van der Waals surface area contributed by atoms with Crippen molar-refractivity contribution in [3.05, 3.63) is 24.3 Å². The lowest BCUT2D eigenvalue weighted by atomic mass is 9.98. The molecule has 1 rings (SSSR count). The molecule has 102 valence electrons. The van der Waals surface area contributed by atoms with E-state index in [-0.39, 0.29) is 0 Å². The van der Waals surface area contributed by atoms with Crippen LogP contribution in [-0.4, -0.2) is 13.1 Å². The Morgan fingerprint density at radius 1 is 1.17 bits per heavy atom. The second-order valence-electron chi connectivity index (χ2n) is 5.74. The van der Waals surface area contributed by atoms with E-state index in [0.29, 0.717) is 5.92 Å². The number of hydrogen-bond donors (Lipinski definition) is 1. The lowest BCUT2D eigenvalue weighted by Crippen LogP contribution is -2.30. The molecule has 2 nitrogen and oxygen atoms in total. The summed E-state index contributed by atoms with van der Waals surface area (Å²) in [6.45, 7) is 11.3. The maximum atomic E-state index is 6.09. The first-order chi connectivity index (χ1) is 8.54. The van der Waals surface area contributed by atoms with Crippen LogP contribution < -0.4 is 10.6 Å². The number of nitrogens with two attached hydrogens (primary N) is 1. The Kier molecular flexibility index (Phi) is 6.03. The zero-order chi connectivity index (χ0) is 13.5. The van der Waals surface area contributed by atoms with Crippen LogP contribution in [0.4, 0.5) is 11.4 Å². The second-order valence-corrected chi connectivity index (χ2v) is 5.74. The average Bonchev–Trinajstić information content (AvgIpc) is 2.28. The first-order valence-electron chi connectivity index (χ1n) is 7.14. The molecule has 0 saturated carbocycles. The number of anilines is 2. The molecule has 0 spiro atoms. The summed E-state index contributed by atoms with van der Waals surface area (Å²) in [5, 5.41) is 0. The molecule has 0 fully saturated rings. The van der Waals surface area contributed by atoms with Crippen LogP contribution >= 0.6 is 0 Å². The number of nitrogens with zero attached hydrogens (tertiary/aromatic N) is 1. The quantitative estimate of drug-likeness (QED) is 0.734. The van der Waals surface area contributed by atoms with E-state index < -0.39 is 0 Å². The first-order valence-corrected chi connectivity index (χ1v) is 7.14. The van der Waals surface area contributed by atoms with Crippen LogP contribution in [0.5, 0.6) is 0 Å². The molecule has 0 amide bonds. The highest BCUT2D eigenvalue weighted by Gasteiger charge is 2.13. The third kappa shape index (κ3) is 4.59. The zero-order valence-electron chi connectivity index (χ0n) is 12.3. The van der Waals surface area contributed by atoms with Gasteiger partial charge in [0.05, 0.1) is 11.4 Å². The maximum Gasteiger partial charge on any atom is 0.0600 e. The highest BCUT2D eigenvalue weighted by atomic mass is 15.1. The highest BCUT2D eigenvalue weighted by molar-refractivity contribution is 5.67. The minimum Gasteiger partial charge on any atom is -0.397 e. The fraction of sp³-hybridized carbons (Fsp3) is 0.625. The molecule has 0 aliphatic carbocycles. The SMILES string of the molecule is CCCN(CC(C)CC(C)C)c1ccccc1N. The van der Waals surface area contributed by atoms with Crippen LogP contribution in [0, 0.1) is 11.8 Å². The summed E-state index contributed by atoms with van der Waals surface area (Å²) < 4.78 is 0. The molecule has 1 aromatic rings. The third-order valence-corrected chi connectivity index (χ3v) is 3.18. The number of nitrogen functional groups attached to an aromatic ring is 1. The number of rotatable bonds is 7. The van der Waals surface area contributed by atoms with Crippen molar-refractivity contribution >= 4 is 11.4 Å². The van der Waals surface area contributed by atoms with Crippen LogP contribution in [0.1, 0.15) is 40.5 Å². The molecular formula is C16H28N2. The maximum absolute atomic E-state index is 6.09. The Balaban J connectivity index is 2.74. The minimum absolute atomic E-state index is 0.705. The highest BCUT2D eigenvalue weighted by Crippen LogP contribution is 2.24. The van der Waals surface area contributed by atoms with Crippen LogP contribution in [0.3, 0.4) is 0 Å². The van der Waals surface area contributed by atoms with E-state index >= 15 is 0 Å².